The van der Waals surface area contributed by atoms with Crippen molar-refractivity contribution in [3.63, 3.8) is 0 Å². The number of aryl methyl sites for hydroxylation is 2. The number of benzene rings is 1. The van der Waals surface area contributed by atoms with E-state index in [1.54, 1.807) is 26.0 Å². The van der Waals surface area contributed by atoms with Gasteiger partial charge in [0.1, 0.15) is 6.04 Å². The summed E-state index contributed by atoms with van der Waals surface area (Å²) in [5.74, 6) is -1.48. The fourth-order valence-corrected chi connectivity index (χ4v) is 3.97. The molecule has 5 nitrogen and oxygen atoms in total. The van der Waals surface area contributed by atoms with Crippen molar-refractivity contribution in [3.8, 4) is 0 Å². The van der Waals surface area contributed by atoms with Gasteiger partial charge >= 0.3 is 5.97 Å². The molecule has 1 aromatic carbocycles. The third-order valence-corrected chi connectivity index (χ3v) is 5.28. The van der Waals surface area contributed by atoms with E-state index in [-0.39, 0.29) is 10.8 Å². The maximum absolute atomic E-state index is 12.4. The molecule has 0 heterocycles. The molecule has 0 aromatic heterocycles. The maximum Gasteiger partial charge on any atom is 0.322 e. The predicted octanol–water partition coefficient (Wildman–Crippen LogP) is 1.95. The predicted molar refractivity (Wildman–Crippen MR) is 79.7 cm³/mol. The molecule has 0 spiro atoms. The monoisotopic (exact) mass is 311 g/mol. The fourth-order valence-electron chi connectivity index (χ4n) is 2.58. The second-order valence-electron chi connectivity index (χ2n) is 5.82. The Morgan fingerprint density at radius 3 is 2.38 bits per heavy atom. The van der Waals surface area contributed by atoms with Gasteiger partial charge in [0.15, 0.2) is 0 Å². The van der Waals surface area contributed by atoms with Gasteiger partial charge in [-0.25, -0.2) is 8.42 Å². The second kappa shape index (κ2) is 6.15. The lowest BCUT2D eigenvalue weighted by atomic mass is 9.92. The van der Waals surface area contributed by atoms with Gasteiger partial charge in [0.05, 0.1) is 4.90 Å². The Hall–Kier alpha value is -1.40. The molecular formula is C15H21NO4S. The van der Waals surface area contributed by atoms with Crippen molar-refractivity contribution in [2.24, 2.45) is 5.92 Å². The van der Waals surface area contributed by atoms with Gasteiger partial charge in [-0.1, -0.05) is 19.9 Å². The summed E-state index contributed by atoms with van der Waals surface area (Å²) >= 11 is 0. The minimum Gasteiger partial charge on any atom is -0.480 e. The SMILES string of the molecule is CC(C)[C@@H](NS(=O)(=O)c1ccc2c(c1)CCCC2)C(=O)O. The summed E-state index contributed by atoms with van der Waals surface area (Å²) in [6.45, 7) is 3.35. The van der Waals surface area contributed by atoms with E-state index in [4.69, 9.17) is 5.11 Å². The highest BCUT2D eigenvalue weighted by atomic mass is 32.2. The van der Waals surface area contributed by atoms with Crippen molar-refractivity contribution in [1.29, 1.82) is 0 Å². The molecule has 0 fully saturated rings. The summed E-state index contributed by atoms with van der Waals surface area (Å²) in [7, 11) is -3.81. The zero-order chi connectivity index (χ0) is 15.6. The van der Waals surface area contributed by atoms with E-state index >= 15 is 0 Å². The van der Waals surface area contributed by atoms with Gasteiger partial charge in [0.2, 0.25) is 10.0 Å². The molecule has 0 saturated heterocycles. The van der Waals surface area contributed by atoms with Gasteiger partial charge in [-0.15, -0.1) is 0 Å². The average molecular weight is 311 g/mol. The molecule has 0 radical (unpaired) electrons. The summed E-state index contributed by atoms with van der Waals surface area (Å²) in [6.07, 6.45) is 4.05. The summed E-state index contributed by atoms with van der Waals surface area (Å²) in [6, 6.07) is 3.96. The number of sulfonamides is 1. The smallest absolute Gasteiger partial charge is 0.322 e. The molecule has 0 saturated carbocycles. The van der Waals surface area contributed by atoms with Crippen molar-refractivity contribution in [1.82, 2.24) is 4.72 Å². The molecule has 1 aliphatic carbocycles. The molecular weight excluding hydrogens is 290 g/mol. The largest absolute Gasteiger partial charge is 0.480 e. The van der Waals surface area contributed by atoms with Crippen LogP contribution in [0, 0.1) is 5.92 Å². The van der Waals surface area contributed by atoms with Crippen molar-refractivity contribution in [2.75, 3.05) is 0 Å². The van der Waals surface area contributed by atoms with E-state index in [0.29, 0.717) is 0 Å². The van der Waals surface area contributed by atoms with Crippen LogP contribution in [0.3, 0.4) is 0 Å². The average Bonchev–Trinajstić information content (AvgIpc) is 2.43. The van der Waals surface area contributed by atoms with E-state index < -0.39 is 22.0 Å². The van der Waals surface area contributed by atoms with E-state index in [2.05, 4.69) is 4.72 Å². The maximum atomic E-state index is 12.4. The number of rotatable bonds is 5. The first-order valence-electron chi connectivity index (χ1n) is 7.18. The highest BCUT2D eigenvalue weighted by Crippen LogP contribution is 2.24. The van der Waals surface area contributed by atoms with E-state index in [9.17, 15) is 13.2 Å². The summed E-state index contributed by atoms with van der Waals surface area (Å²) < 4.78 is 27.0. The highest BCUT2D eigenvalue weighted by Gasteiger charge is 2.28. The Morgan fingerprint density at radius 1 is 1.19 bits per heavy atom. The number of carboxylic acids is 1. The number of fused-ring (bicyclic) bond motifs is 1. The lowest BCUT2D eigenvalue weighted by Crippen LogP contribution is -2.44. The molecule has 0 aliphatic heterocycles. The first-order chi connectivity index (χ1) is 9.81. The van der Waals surface area contributed by atoms with Crippen LogP contribution in [-0.2, 0) is 27.7 Å². The standard InChI is InChI=1S/C15H21NO4S/c1-10(2)14(15(17)18)16-21(19,20)13-8-7-11-5-3-4-6-12(11)9-13/h7-10,14,16H,3-6H2,1-2H3,(H,17,18)/t14-/m1/s1. The molecule has 0 amide bonds. The van der Waals surface area contributed by atoms with Crippen LogP contribution in [0.15, 0.2) is 23.1 Å². The van der Waals surface area contributed by atoms with Crippen LogP contribution in [0.5, 0.6) is 0 Å². The third kappa shape index (κ3) is 3.63. The molecule has 6 heteroatoms. The number of nitrogens with one attached hydrogen (secondary N) is 1. The van der Waals surface area contributed by atoms with Crippen molar-refractivity contribution >= 4 is 16.0 Å². The minimum absolute atomic E-state index is 0.148. The second-order valence-corrected chi connectivity index (χ2v) is 7.53. The van der Waals surface area contributed by atoms with Gasteiger partial charge < -0.3 is 5.11 Å². The first-order valence-corrected chi connectivity index (χ1v) is 8.66. The van der Waals surface area contributed by atoms with Crippen molar-refractivity contribution in [3.05, 3.63) is 29.3 Å². The number of hydrogen-bond donors (Lipinski definition) is 2. The number of carbonyl (C=O) groups is 1. The molecule has 116 valence electrons. The normalized spacial score (nSPS) is 16.5. The van der Waals surface area contributed by atoms with Crippen LogP contribution in [0.25, 0.3) is 0 Å². The topological polar surface area (TPSA) is 83.5 Å². The lowest BCUT2D eigenvalue weighted by molar-refractivity contribution is -0.140. The molecule has 1 aromatic rings. The zero-order valence-corrected chi connectivity index (χ0v) is 13.1. The Balaban J connectivity index is 2.29. The van der Waals surface area contributed by atoms with Gasteiger partial charge in [-0.05, 0) is 54.9 Å². The molecule has 2 N–H and O–H groups in total. The molecule has 1 atom stereocenters. The van der Waals surface area contributed by atoms with Gasteiger partial charge in [-0.2, -0.15) is 4.72 Å². The summed E-state index contributed by atoms with van der Waals surface area (Å²) in [4.78, 5) is 11.3. The first kappa shape index (κ1) is 16.0. The summed E-state index contributed by atoms with van der Waals surface area (Å²) in [5, 5.41) is 9.12. The van der Waals surface area contributed by atoms with Crippen LogP contribution >= 0.6 is 0 Å². The molecule has 0 unspecified atom stereocenters. The van der Waals surface area contributed by atoms with Crippen LogP contribution in [0.2, 0.25) is 0 Å². The van der Waals surface area contributed by atoms with Crippen molar-refractivity contribution in [2.45, 2.75) is 50.5 Å². The van der Waals surface area contributed by atoms with Gasteiger partial charge in [-0.3, -0.25) is 4.79 Å². The fraction of sp³-hybridized carbons (Fsp3) is 0.533. The summed E-state index contributed by atoms with van der Waals surface area (Å²) in [5.41, 5.74) is 2.25. The van der Waals surface area contributed by atoms with Crippen LogP contribution in [-0.4, -0.2) is 25.5 Å². The minimum atomic E-state index is -3.81. The lowest BCUT2D eigenvalue weighted by Gasteiger charge is -2.20. The molecule has 0 bridgehead atoms. The Labute approximate surface area is 125 Å². The van der Waals surface area contributed by atoms with Gasteiger partial charge in [0.25, 0.3) is 0 Å². The quantitative estimate of drug-likeness (QED) is 0.870. The Morgan fingerprint density at radius 2 is 1.81 bits per heavy atom. The van der Waals surface area contributed by atoms with Crippen LogP contribution in [0.1, 0.15) is 37.8 Å². The van der Waals surface area contributed by atoms with Gasteiger partial charge in [0, 0.05) is 0 Å². The number of hydrogen-bond acceptors (Lipinski definition) is 3. The Kier molecular flexibility index (Phi) is 4.68. The Bertz CT molecular complexity index is 637. The highest BCUT2D eigenvalue weighted by molar-refractivity contribution is 7.89. The third-order valence-electron chi connectivity index (χ3n) is 3.85. The van der Waals surface area contributed by atoms with E-state index in [1.807, 2.05) is 6.07 Å². The number of aliphatic carboxylic acids is 1. The van der Waals surface area contributed by atoms with E-state index in [1.165, 1.54) is 5.56 Å². The number of carboxylic acid groups (broad SMARTS) is 1. The van der Waals surface area contributed by atoms with Crippen molar-refractivity contribution < 1.29 is 18.3 Å². The molecule has 21 heavy (non-hydrogen) atoms. The molecule has 2 rings (SSSR count). The zero-order valence-electron chi connectivity index (χ0n) is 12.3. The van der Waals surface area contributed by atoms with Crippen LogP contribution in [0.4, 0.5) is 0 Å². The molecule has 1 aliphatic rings. The van der Waals surface area contributed by atoms with E-state index in [0.717, 1.165) is 31.2 Å². The van der Waals surface area contributed by atoms with Crippen LogP contribution < -0.4 is 4.72 Å².